The maximum Gasteiger partial charge on any atom is 0.218 e. The van der Waals surface area contributed by atoms with Crippen molar-refractivity contribution in [3.05, 3.63) is 23.8 Å². The number of carbonyl (C=O) groups is 1. The molecule has 3 aliphatic heterocycles. The number of amides is 1. The molecule has 0 saturated carbocycles. The number of hydrogen-bond donors (Lipinski definition) is 0. The number of hydrogen-bond acceptors (Lipinski definition) is 4. The Morgan fingerprint density at radius 2 is 2.37 bits per heavy atom. The zero-order chi connectivity index (χ0) is 13.5. The molecule has 3 rings (SSSR count). The Morgan fingerprint density at radius 1 is 1.53 bits per heavy atom. The summed E-state index contributed by atoms with van der Waals surface area (Å²) in [6.45, 7) is 0.481. The van der Waals surface area contributed by atoms with E-state index < -0.39 is 6.09 Å². The molecular weight excluding hydrogens is 268 g/mol. The second-order valence-corrected chi connectivity index (χ2v) is 5.31. The third-order valence-electron chi connectivity index (χ3n) is 3.62. The van der Waals surface area contributed by atoms with Gasteiger partial charge in [0.2, 0.25) is 12.0 Å². The summed E-state index contributed by atoms with van der Waals surface area (Å²) in [7, 11) is 0. The quantitative estimate of drug-likeness (QED) is 0.672. The molecule has 0 aliphatic carbocycles. The van der Waals surface area contributed by atoms with Gasteiger partial charge in [-0.1, -0.05) is 0 Å². The number of allylic oxidation sites excluding steroid dienone is 1. The summed E-state index contributed by atoms with van der Waals surface area (Å²) >= 11 is 6.38. The van der Waals surface area contributed by atoms with E-state index in [9.17, 15) is 9.90 Å². The molecule has 19 heavy (non-hydrogen) atoms. The lowest BCUT2D eigenvalue weighted by atomic mass is 9.99. The number of aliphatic imine (C=N–C) groups is 2. The summed E-state index contributed by atoms with van der Waals surface area (Å²) in [5, 5.41) is 11.2. The van der Waals surface area contributed by atoms with Crippen LogP contribution in [0, 0.1) is 0 Å². The summed E-state index contributed by atoms with van der Waals surface area (Å²) in [4.78, 5) is 20.9. The van der Waals surface area contributed by atoms with Crippen molar-refractivity contribution in [2.45, 2.75) is 25.3 Å². The van der Waals surface area contributed by atoms with Crippen LogP contribution in [0.4, 0.5) is 4.79 Å². The van der Waals surface area contributed by atoms with Crippen LogP contribution in [0.5, 0.6) is 0 Å². The van der Waals surface area contributed by atoms with Gasteiger partial charge in [0.15, 0.2) is 11.8 Å². The van der Waals surface area contributed by atoms with Gasteiger partial charge in [-0.3, -0.25) is 4.99 Å². The minimum atomic E-state index is -1.16. The fourth-order valence-electron chi connectivity index (χ4n) is 2.66. The van der Waals surface area contributed by atoms with E-state index in [0.29, 0.717) is 17.9 Å². The van der Waals surface area contributed by atoms with Gasteiger partial charge in [-0.25, -0.2) is 0 Å². The third kappa shape index (κ3) is 1.97. The van der Waals surface area contributed by atoms with Crippen molar-refractivity contribution in [2.75, 3.05) is 6.54 Å². The van der Waals surface area contributed by atoms with Crippen molar-refractivity contribution < 1.29 is 13.9 Å². The second-order valence-electron chi connectivity index (χ2n) is 4.75. The van der Waals surface area contributed by atoms with E-state index in [0.717, 1.165) is 19.3 Å². The summed E-state index contributed by atoms with van der Waals surface area (Å²) < 4.78 is -0.0732. The molecule has 0 aromatic heterocycles. The van der Waals surface area contributed by atoms with Gasteiger partial charge in [0.25, 0.3) is 0 Å². The Labute approximate surface area is 115 Å². The average molecular weight is 281 g/mol. The molecule has 3 heterocycles. The van der Waals surface area contributed by atoms with Crippen molar-refractivity contribution in [1.82, 2.24) is 4.90 Å². The van der Waals surface area contributed by atoms with Crippen LogP contribution in [0.3, 0.4) is 0 Å². The molecule has 2 unspecified atom stereocenters. The van der Waals surface area contributed by atoms with Gasteiger partial charge in [0.05, 0.1) is 18.5 Å². The van der Waals surface area contributed by atoms with E-state index in [1.807, 2.05) is 0 Å². The molecule has 0 bridgehead atoms. The normalized spacial score (nSPS) is 32.9. The zero-order valence-electron chi connectivity index (χ0n) is 10.2. The third-order valence-corrected chi connectivity index (χ3v) is 4.00. The van der Waals surface area contributed by atoms with Crippen LogP contribution in [0.25, 0.3) is 0 Å². The monoisotopic (exact) mass is 280 g/mol. The highest BCUT2D eigenvalue weighted by atomic mass is 35.5. The van der Waals surface area contributed by atoms with Gasteiger partial charge < -0.3 is 14.8 Å². The van der Waals surface area contributed by atoms with Crippen molar-refractivity contribution >= 4 is 30.4 Å². The maximum absolute atomic E-state index is 11.2. The number of carboxylic acid groups (broad SMARTS) is 1. The molecule has 3 aliphatic rings. The van der Waals surface area contributed by atoms with Gasteiger partial charge in [0.1, 0.15) is 18.0 Å². The van der Waals surface area contributed by atoms with Crippen molar-refractivity contribution in [1.29, 1.82) is 0 Å². The van der Waals surface area contributed by atoms with Crippen molar-refractivity contribution in [3.8, 4) is 0 Å². The molecule has 0 N–H and O–H groups in total. The fourth-order valence-corrected chi connectivity index (χ4v) is 2.89. The maximum atomic E-state index is 11.2. The molecule has 100 valence electrons. The Hall–Kier alpha value is -1.66. The number of quaternary nitrogens is 1. The van der Waals surface area contributed by atoms with E-state index in [1.54, 1.807) is 25.0 Å². The largest absolute Gasteiger partial charge is 0.530 e. The number of piperidine rings is 1. The van der Waals surface area contributed by atoms with Crippen molar-refractivity contribution in [3.63, 3.8) is 0 Å². The van der Waals surface area contributed by atoms with E-state index in [4.69, 9.17) is 11.8 Å². The van der Waals surface area contributed by atoms with Gasteiger partial charge in [-0.2, -0.15) is 4.99 Å². The average Bonchev–Trinajstić information content (AvgIpc) is 2.76. The molecule has 1 amide bonds. The van der Waals surface area contributed by atoms with Crippen LogP contribution in [0.15, 0.2) is 33.8 Å². The van der Waals surface area contributed by atoms with E-state index >= 15 is 0 Å². The number of nitrogens with zero attached hydrogens (tertiary/aromatic N) is 4. The lowest BCUT2D eigenvalue weighted by molar-refractivity contribution is -0.592. The van der Waals surface area contributed by atoms with Crippen molar-refractivity contribution in [2.24, 2.45) is 9.98 Å². The molecule has 7 heteroatoms. The minimum Gasteiger partial charge on any atom is -0.530 e. The summed E-state index contributed by atoms with van der Waals surface area (Å²) in [6.07, 6.45) is 7.91. The predicted octanol–water partition coefficient (Wildman–Crippen LogP) is 0.964. The lowest BCUT2D eigenvalue weighted by Gasteiger charge is -2.37. The molecule has 0 radical (unpaired) electrons. The first kappa shape index (κ1) is 12.4. The number of fused-ring (bicyclic) bond motifs is 1. The Kier molecular flexibility index (Phi) is 2.91. The highest BCUT2D eigenvalue weighted by Gasteiger charge is 2.41. The van der Waals surface area contributed by atoms with Gasteiger partial charge in [-0.05, 0) is 19.3 Å². The summed E-state index contributed by atoms with van der Waals surface area (Å²) in [5.74, 6) is 0. The van der Waals surface area contributed by atoms with Gasteiger partial charge >= 0.3 is 0 Å². The molecule has 6 nitrogen and oxygen atoms in total. The Bertz CT molecular complexity index is 540. The topological polar surface area (TPSA) is 68.1 Å². The van der Waals surface area contributed by atoms with Gasteiger partial charge in [-0.15, -0.1) is 4.00 Å². The second kappa shape index (κ2) is 4.47. The first-order valence-corrected chi connectivity index (χ1v) is 6.52. The standard InChI is InChI=1S/C12H13ClN4O2/c13-17-6-4-14-7-10(17)11(15-8-17)9-3-1-2-5-16(9)12(18)19/h4,6-9H,1-3,5H2. The highest BCUT2D eigenvalue weighted by molar-refractivity contribution is 6.14. The Balaban J connectivity index is 1.99. The summed E-state index contributed by atoms with van der Waals surface area (Å²) in [6, 6.07) is -0.290. The molecule has 2 atom stereocenters. The molecule has 1 saturated heterocycles. The minimum absolute atomic E-state index is 0.0732. The Morgan fingerprint density at radius 3 is 3.16 bits per heavy atom. The number of halogens is 1. The lowest BCUT2D eigenvalue weighted by Crippen LogP contribution is -2.50. The fraction of sp³-hybridized carbons (Fsp3) is 0.417. The predicted molar refractivity (Wildman–Crippen MR) is 69.0 cm³/mol. The van der Waals surface area contributed by atoms with E-state index in [2.05, 4.69) is 9.98 Å². The number of likely N-dealkylation sites (tertiary alicyclic amines) is 1. The van der Waals surface area contributed by atoms with Crippen LogP contribution in [0.1, 0.15) is 19.3 Å². The SMILES string of the molecule is O=C([O-])N1CCCCC1C1=C2C=NC=C[N+]2(Cl)C=N1. The smallest absolute Gasteiger partial charge is 0.218 e. The number of carbonyl (C=O) groups excluding carboxylic acids is 1. The summed E-state index contributed by atoms with van der Waals surface area (Å²) in [5.41, 5.74) is 1.38. The van der Waals surface area contributed by atoms with Crippen LogP contribution in [-0.2, 0) is 0 Å². The molecule has 1 fully saturated rings. The molecule has 0 aromatic rings. The van der Waals surface area contributed by atoms with Crippen LogP contribution < -0.4 is 5.11 Å². The van der Waals surface area contributed by atoms with Crippen LogP contribution in [-0.4, -0.2) is 40.1 Å². The molecular formula is C12H13ClN4O2. The van der Waals surface area contributed by atoms with E-state index in [-0.39, 0.29) is 10.0 Å². The number of rotatable bonds is 1. The molecule has 0 spiro atoms. The van der Waals surface area contributed by atoms with Gasteiger partial charge in [0, 0.05) is 6.54 Å². The highest BCUT2D eigenvalue weighted by Crippen LogP contribution is 2.36. The van der Waals surface area contributed by atoms with Crippen LogP contribution >= 0.6 is 11.8 Å². The van der Waals surface area contributed by atoms with E-state index in [1.165, 1.54) is 4.90 Å². The molecule has 0 aromatic carbocycles. The first-order chi connectivity index (χ1) is 9.12. The van der Waals surface area contributed by atoms with Crippen LogP contribution in [0.2, 0.25) is 0 Å². The first-order valence-electron chi connectivity index (χ1n) is 6.18. The zero-order valence-corrected chi connectivity index (χ0v) is 11.0.